The number of phenols is 1. The molecule has 0 spiro atoms. The molecule has 0 heterocycles. The monoisotopic (exact) mass is 326 g/mol. The molecule has 4 nitrogen and oxygen atoms in total. The number of hydrazone groups is 1. The molecule has 4 saturated carbocycles. The Labute approximate surface area is 143 Å². The van der Waals surface area contributed by atoms with E-state index in [-0.39, 0.29) is 11.7 Å². The summed E-state index contributed by atoms with van der Waals surface area (Å²) in [7, 11) is 0. The first-order chi connectivity index (χ1) is 11.5. The third kappa shape index (κ3) is 3.06. The van der Waals surface area contributed by atoms with Gasteiger partial charge in [0.1, 0.15) is 5.75 Å². The third-order valence-corrected chi connectivity index (χ3v) is 6.27. The van der Waals surface area contributed by atoms with E-state index in [4.69, 9.17) is 0 Å². The molecule has 0 aromatic heterocycles. The van der Waals surface area contributed by atoms with E-state index in [0.29, 0.717) is 11.0 Å². The van der Waals surface area contributed by atoms with E-state index >= 15 is 0 Å². The smallest absolute Gasteiger partial charge is 0.271 e. The molecule has 24 heavy (non-hydrogen) atoms. The lowest BCUT2D eigenvalue weighted by Gasteiger charge is -2.57. The molecular weight excluding hydrogens is 300 g/mol. The van der Waals surface area contributed by atoms with Gasteiger partial charge in [-0.1, -0.05) is 0 Å². The van der Waals surface area contributed by atoms with Crippen molar-refractivity contribution >= 4 is 11.6 Å². The average Bonchev–Trinajstić information content (AvgIpc) is 2.51. The van der Waals surface area contributed by atoms with E-state index in [1.54, 1.807) is 12.1 Å². The van der Waals surface area contributed by atoms with E-state index < -0.39 is 0 Å². The zero-order valence-electron chi connectivity index (χ0n) is 14.3. The molecule has 1 amide bonds. The number of hydrogen-bond acceptors (Lipinski definition) is 3. The van der Waals surface area contributed by atoms with Crippen molar-refractivity contribution in [1.82, 2.24) is 5.43 Å². The van der Waals surface area contributed by atoms with Gasteiger partial charge in [0.2, 0.25) is 0 Å². The van der Waals surface area contributed by atoms with Crippen molar-refractivity contribution in [1.29, 1.82) is 0 Å². The summed E-state index contributed by atoms with van der Waals surface area (Å²) in [5.41, 5.74) is 4.66. The van der Waals surface area contributed by atoms with Crippen LogP contribution >= 0.6 is 0 Å². The quantitative estimate of drug-likeness (QED) is 0.646. The number of carbonyl (C=O) groups is 1. The predicted molar refractivity (Wildman–Crippen MR) is 93.9 cm³/mol. The highest BCUT2D eigenvalue weighted by Crippen LogP contribution is 2.61. The van der Waals surface area contributed by atoms with Gasteiger partial charge in [0.05, 0.1) is 0 Å². The Morgan fingerprint density at radius 1 is 1.12 bits per heavy atom. The standard InChI is InChI=1S/C20H26N2O2/c1-13(21-22-19(24)17-2-4-18(23)5-3-17)9-20-10-14-6-15(11-20)8-16(7-14)12-20/h2-5,14-16,23H,6-12H2,1H3,(H,22,24)/b21-13-. The first kappa shape index (κ1) is 15.7. The summed E-state index contributed by atoms with van der Waals surface area (Å²) in [4.78, 5) is 12.1. The molecule has 0 aliphatic heterocycles. The number of phenolic OH excluding ortho intramolecular Hbond substituents is 1. The Hall–Kier alpha value is -1.84. The molecule has 0 saturated heterocycles. The molecule has 128 valence electrons. The van der Waals surface area contributed by atoms with Gasteiger partial charge >= 0.3 is 0 Å². The van der Waals surface area contributed by atoms with Crippen LogP contribution in [0, 0.1) is 23.2 Å². The van der Waals surface area contributed by atoms with Gasteiger partial charge < -0.3 is 5.11 Å². The summed E-state index contributed by atoms with van der Waals surface area (Å²) in [6.45, 7) is 2.04. The lowest BCUT2D eigenvalue weighted by molar-refractivity contribution is -0.0482. The molecule has 5 rings (SSSR count). The molecule has 4 aliphatic carbocycles. The number of nitrogens with zero attached hydrogens (tertiary/aromatic N) is 1. The lowest BCUT2D eigenvalue weighted by atomic mass is 9.48. The van der Waals surface area contributed by atoms with Gasteiger partial charge in [0, 0.05) is 11.3 Å². The Balaban J connectivity index is 1.39. The largest absolute Gasteiger partial charge is 0.508 e. The number of amides is 1. The van der Waals surface area contributed by atoms with Gasteiger partial charge in [0.25, 0.3) is 5.91 Å². The molecule has 4 bridgehead atoms. The Morgan fingerprint density at radius 2 is 1.67 bits per heavy atom. The number of aromatic hydroxyl groups is 1. The van der Waals surface area contributed by atoms with Crippen molar-refractivity contribution in [2.75, 3.05) is 0 Å². The van der Waals surface area contributed by atoms with Crippen LogP contribution in [0.5, 0.6) is 5.75 Å². The molecule has 1 aromatic carbocycles. The molecule has 0 atom stereocenters. The SMILES string of the molecule is C/C(CC12CC3CC(CC(C3)C1)C2)=N/NC(=O)c1ccc(O)cc1. The number of nitrogens with one attached hydrogen (secondary N) is 1. The second-order valence-electron chi connectivity index (χ2n) is 8.43. The zero-order valence-corrected chi connectivity index (χ0v) is 14.3. The van der Waals surface area contributed by atoms with Crippen LogP contribution in [0.1, 0.15) is 62.2 Å². The topological polar surface area (TPSA) is 61.7 Å². The van der Waals surface area contributed by atoms with Crippen LogP contribution in [0.3, 0.4) is 0 Å². The highest BCUT2D eigenvalue weighted by atomic mass is 16.3. The first-order valence-corrected chi connectivity index (χ1v) is 9.14. The minimum Gasteiger partial charge on any atom is -0.508 e. The van der Waals surface area contributed by atoms with Crippen molar-refractivity contribution < 1.29 is 9.90 Å². The van der Waals surface area contributed by atoms with Gasteiger partial charge in [-0.2, -0.15) is 5.10 Å². The van der Waals surface area contributed by atoms with E-state index in [0.717, 1.165) is 29.9 Å². The summed E-state index contributed by atoms with van der Waals surface area (Å²) in [6.07, 6.45) is 9.45. The van der Waals surface area contributed by atoms with Crippen molar-refractivity contribution in [3.05, 3.63) is 29.8 Å². The number of benzene rings is 1. The highest BCUT2D eigenvalue weighted by Gasteiger charge is 2.50. The van der Waals surface area contributed by atoms with E-state index in [1.165, 1.54) is 50.7 Å². The first-order valence-electron chi connectivity index (χ1n) is 9.14. The summed E-state index contributed by atoms with van der Waals surface area (Å²) < 4.78 is 0. The lowest BCUT2D eigenvalue weighted by Crippen LogP contribution is -2.46. The normalized spacial score (nSPS) is 34.4. The van der Waals surface area contributed by atoms with E-state index in [9.17, 15) is 9.90 Å². The second-order valence-corrected chi connectivity index (χ2v) is 8.43. The Kier molecular flexibility index (Phi) is 3.86. The van der Waals surface area contributed by atoms with Crippen LogP contribution in [0.4, 0.5) is 0 Å². The van der Waals surface area contributed by atoms with Crippen molar-refractivity contribution in [2.24, 2.45) is 28.3 Å². The number of hydrogen-bond donors (Lipinski definition) is 2. The summed E-state index contributed by atoms with van der Waals surface area (Å²) in [5, 5.41) is 13.6. The Morgan fingerprint density at radius 3 is 2.21 bits per heavy atom. The maximum Gasteiger partial charge on any atom is 0.271 e. The summed E-state index contributed by atoms with van der Waals surface area (Å²) in [6, 6.07) is 6.24. The molecule has 1 aromatic rings. The number of carbonyl (C=O) groups excluding carboxylic acids is 1. The maximum absolute atomic E-state index is 12.1. The molecule has 0 unspecified atom stereocenters. The fourth-order valence-electron chi connectivity index (χ4n) is 5.91. The van der Waals surface area contributed by atoms with E-state index in [2.05, 4.69) is 10.5 Å². The molecular formula is C20H26N2O2. The van der Waals surface area contributed by atoms with E-state index in [1.807, 2.05) is 6.92 Å². The maximum atomic E-state index is 12.1. The molecule has 0 radical (unpaired) electrons. The van der Waals surface area contributed by atoms with Crippen LogP contribution in [0.2, 0.25) is 0 Å². The molecule has 4 aliphatic rings. The molecule has 2 N–H and O–H groups in total. The summed E-state index contributed by atoms with van der Waals surface area (Å²) in [5.74, 6) is 2.76. The molecule has 4 fully saturated rings. The van der Waals surface area contributed by atoms with Gasteiger partial charge in [-0.15, -0.1) is 0 Å². The highest BCUT2D eigenvalue weighted by molar-refractivity contribution is 5.95. The van der Waals surface area contributed by atoms with Gasteiger partial charge in [0.15, 0.2) is 0 Å². The van der Waals surface area contributed by atoms with Gasteiger partial charge in [-0.25, -0.2) is 5.43 Å². The number of rotatable bonds is 4. The van der Waals surface area contributed by atoms with Crippen molar-refractivity contribution in [3.8, 4) is 5.75 Å². The minimum atomic E-state index is -0.222. The van der Waals surface area contributed by atoms with Gasteiger partial charge in [-0.05, 0) is 99.3 Å². The van der Waals surface area contributed by atoms with Crippen LogP contribution < -0.4 is 5.43 Å². The van der Waals surface area contributed by atoms with Crippen LogP contribution in [-0.4, -0.2) is 16.7 Å². The minimum absolute atomic E-state index is 0.160. The predicted octanol–water partition coefficient (Wildman–Crippen LogP) is 4.10. The van der Waals surface area contributed by atoms with Crippen molar-refractivity contribution in [3.63, 3.8) is 0 Å². The average molecular weight is 326 g/mol. The third-order valence-electron chi connectivity index (χ3n) is 6.27. The molecule has 4 heteroatoms. The van der Waals surface area contributed by atoms with Crippen LogP contribution in [-0.2, 0) is 0 Å². The fraction of sp³-hybridized carbons (Fsp3) is 0.600. The van der Waals surface area contributed by atoms with Crippen molar-refractivity contribution in [2.45, 2.75) is 51.9 Å². The fourth-order valence-corrected chi connectivity index (χ4v) is 5.91. The van der Waals surface area contributed by atoms with Crippen LogP contribution in [0.15, 0.2) is 29.4 Å². The summed E-state index contributed by atoms with van der Waals surface area (Å²) >= 11 is 0. The second kappa shape index (κ2) is 5.91. The van der Waals surface area contributed by atoms with Crippen LogP contribution in [0.25, 0.3) is 0 Å². The van der Waals surface area contributed by atoms with Gasteiger partial charge in [-0.3, -0.25) is 4.79 Å². The zero-order chi connectivity index (χ0) is 16.7. The Bertz CT molecular complexity index is 627.